The van der Waals surface area contributed by atoms with Gasteiger partial charge in [0.2, 0.25) is 0 Å². The summed E-state index contributed by atoms with van der Waals surface area (Å²) in [5, 5.41) is 10.7. The zero-order valence-electron chi connectivity index (χ0n) is 14.8. The van der Waals surface area contributed by atoms with E-state index in [1.54, 1.807) is 15.9 Å². The minimum atomic E-state index is -4.80. The van der Waals surface area contributed by atoms with E-state index >= 15 is 0 Å². The van der Waals surface area contributed by atoms with E-state index in [1.165, 1.54) is 12.3 Å². The van der Waals surface area contributed by atoms with E-state index in [9.17, 15) is 28.1 Å². The van der Waals surface area contributed by atoms with Crippen LogP contribution in [0.25, 0.3) is 0 Å². The van der Waals surface area contributed by atoms with E-state index in [4.69, 9.17) is 17.3 Å². The first-order valence-corrected chi connectivity index (χ1v) is 8.77. The summed E-state index contributed by atoms with van der Waals surface area (Å²) < 4.78 is 39.1. The highest BCUT2D eigenvalue weighted by Gasteiger charge is 2.37. The fraction of sp³-hybridized carbons (Fsp3) is 0.294. The topological polar surface area (TPSA) is 106 Å². The number of amides is 1. The molecule has 0 unspecified atom stereocenters. The van der Waals surface area contributed by atoms with Crippen LogP contribution in [0.1, 0.15) is 15.9 Å². The molecule has 1 amide bonds. The van der Waals surface area contributed by atoms with Crippen molar-refractivity contribution in [3.8, 4) is 0 Å². The number of primary amides is 1. The summed E-state index contributed by atoms with van der Waals surface area (Å²) in [5.41, 5.74) is 3.67. The summed E-state index contributed by atoms with van der Waals surface area (Å²) in [6, 6.07) is 4.53. The molecular weight excluding hydrogens is 415 g/mol. The Hall–Kier alpha value is -3.08. The van der Waals surface area contributed by atoms with Gasteiger partial charge in [-0.2, -0.15) is 13.2 Å². The van der Waals surface area contributed by atoms with Crippen LogP contribution in [-0.2, 0) is 6.18 Å². The van der Waals surface area contributed by atoms with Crippen LogP contribution in [0.4, 0.5) is 30.4 Å². The lowest BCUT2D eigenvalue weighted by Crippen LogP contribution is -2.47. The van der Waals surface area contributed by atoms with Crippen LogP contribution in [-0.4, -0.2) is 42.0 Å². The van der Waals surface area contributed by atoms with Crippen LogP contribution in [0, 0.1) is 10.1 Å². The fourth-order valence-corrected chi connectivity index (χ4v) is 3.43. The normalized spacial score (nSPS) is 14.8. The first kappa shape index (κ1) is 20.6. The number of carbonyl (C=O) groups is 1. The smallest absolute Gasteiger partial charge is 0.365 e. The number of nitro benzene ring substituents is 1. The number of benzene rings is 1. The number of nitro groups is 1. The maximum absolute atomic E-state index is 13.0. The van der Waals surface area contributed by atoms with Crippen molar-refractivity contribution in [2.75, 3.05) is 36.0 Å². The molecule has 1 aromatic carbocycles. The molecule has 1 aliphatic rings. The largest absolute Gasteiger partial charge is 0.418 e. The summed E-state index contributed by atoms with van der Waals surface area (Å²) >= 11 is 5.75. The van der Waals surface area contributed by atoms with Crippen LogP contribution in [0.2, 0.25) is 5.02 Å². The number of aromatic nitrogens is 1. The molecule has 3 rings (SSSR count). The zero-order chi connectivity index (χ0) is 21.3. The minimum Gasteiger partial charge on any atom is -0.365 e. The molecule has 1 saturated heterocycles. The predicted molar refractivity (Wildman–Crippen MR) is 100 cm³/mol. The number of nitrogens with zero attached hydrogens (tertiary/aromatic N) is 4. The van der Waals surface area contributed by atoms with Gasteiger partial charge in [-0.15, -0.1) is 0 Å². The van der Waals surface area contributed by atoms with E-state index < -0.39 is 33.3 Å². The van der Waals surface area contributed by atoms with Gasteiger partial charge in [0.25, 0.3) is 11.6 Å². The second-order valence-electron chi connectivity index (χ2n) is 6.29. The van der Waals surface area contributed by atoms with Gasteiger partial charge in [-0.05, 0) is 18.2 Å². The second kappa shape index (κ2) is 7.74. The summed E-state index contributed by atoms with van der Waals surface area (Å²) in [7, 11) is 0. The molecule has 2 N–H and O–H groups in total. The lowest BCUT2D eigenvalue weighted by Gasteiger charge is -2.37. The number of carbonyl (C=O) groups excluding carboxylic acids is 1. The van der Waals surface area contributed by atoms with Crippen LogP contribution < -0.4 is 15.5 Å². The maximum Gasteiger partial charge on any atom is 0.418 e. The molecule has 0 spiro atoms. The van der Waals surface area contributed by atoms with Gasteiger partial charge in [0.1, 0.15) is 11.5 Å². The molecule has 2 aromatic rings. The van der Waals surface area contributed by atoms with Gasteiger partial charge >= 0.3 is 6.18 Å². The van der Waals surface area contributed by atoms with E-state index in [1.807, 2.05) is 0 Å². The van der Waals surface area contributed by atoms with Gasteiger partial charge in [-0.25, -0.2) is 4.98 Å². The number of alkyl halides is 3. The molecule has 1 aromatic heterocycles. The van der Waals surface area contributed by atoms with Crippen molar-refractivity contribution in [2.24, 2.45) is 5.73 Å². The Morgan fingerprint density at radius 2 is 1.83 bits per heavy atom. The summed E-state index contributed by atoms with van der Waals surface area (Å²) in [5.74, 6) is -0.250. The van der Waals surface area contributed by atoms with Crippen molar-refractivity contribution in [3.63, 3.8) is 0 Å². The van der Waals surface area contributed by atoms with Gasteiger partial charge in [-0.3, -0.25) is 14.9 Å². The van der Waals surface area contributed by atoms with E-state index in [-0.39, 0.29) is 24.3 Å². The van der Waals surface area contributed by atoms with Crippen molar-refractivity contribution in [2.45, 2.75) is 6.18 Å². The number of rotatable bonds is 4. The Bertz CT molecular complexity index is 962. The molecule has 29 heavy (non-hydrogen) atoms. The van der Waals surface area contributed by atoms with Crippen LogP contribution in [0.15, 0.2) is 30.5 Å². The Balaban J connectivity index is 1.87. The number of anilines is 2. The van der Waals surface area contributed by atoms with Gasteiger partial charge in [0.05, 0.1) is 21.1 Å². The van der Waals surface area contributed by atoms with Crippen LogP contribution in [0.3, 0.4) is 0 Å². The molecule has 0 saturated carbocycles. The number of hydrogen-bond donors (Lipinski definition) is 1. The first-order chi connectivity index (χ1) is 13.6. The SMILES string of the molecule is NC(=O)c1cccnc1N1CCN(c2cc(Cl)c(C(F)(F)F)cc2[N+](=O)[O-])CC1. The summed E-state index contributed by atoms with van der Waals surface area (Å²) in [4.78, 5) is 29.6. The molecule has 0 radical (unpaired) electrons. The minimum absolute atomic E-state index is 0.00351. The number of nitrogens with two attached hydrogens (primary N) is 1. The van der Waals surface area contributed by atoms with E-state index in [0.29, 0.717) is 25.0 Å². The van der Waals surface area contributed by atoms with Crippen molar-refractivity contribution < 1.29 is 22.9 Å². The third-order valence-corrected chi connectivity index (χ3v) is 4.85. The molecule has 1 aliphatic heterocycles. The quantitative estimate of drug-likeness (QED) is 0.591. The van der Waals surface area contributed by atoms with Crippen LogP contribution in [0.5, 0.6) is 0 Å². The van der Waals surface area contributed by atoms with Gasteiger partial charge in [0.15, 0.2) is 0 Å². The number of halogens is 4. The second-order valence-corrected chi connectivity index (χ2v) is 6.70. The Labute approximate surface area is 167 Å². The highest BCUT2D eigenvalue weighted by atomic mass is 35.5. The third-order valence-electron chi connectivity index (χ3n) is 4.54. The van der Waals surface area contributed by atoms with E-state index in [0.717, 1.165) is 6.07 Å². The average Bonchev–Trinajstić information content (AvgIpc) is 2.66. The van der Waals surface area contributed by atoms with E-state index in [2.05, 4.69) is 4.98 Å². The zero-order valence-corrected chi connectivity index (χ0v) is 15.6. The van der Waals surface area contributed by atoms with Gasteiger partial charge in [0, 0.05) is 38.4 Å². The lowest BCUT2D eigenvalue weighted by atomic mass is 10.1. The standard InChI is InChI=1S/C17H15ClF3N5O3/c18-12-9-13(14(26(28)29)8-11(12)17(19,20)21)24-4-6-25(7-5-24)16-10(15(22)27)2-1-3-23-16/h1-3,8-9H,4-7H2,(H2,22,27). The maximum atomic E-state index is 13.0. The van der Waals surface area contributed by atoms with Crippen molar-refractivity contribution in [1.29, 1.82) is 0 Å². The third kappa shape index (κ3) is 4.19. The molecule has 8 nitrogen and oxygen atoms in total. The number of pyridine rings is 1. The number of hydrogen-bond acceptors (Lipinski definition) is 6. The van der Waals surface area contributed by atoms with Crippen LogP contribution >= 0.6 is 11.6 Å². The average molecular weight is 430 g/mol. The summed E-state index contributed by atoms with van der Waals surface area (Å²) in [6.45, 7) is 1.15. The molecule has 12 heteroatoms. The molecular formula is C17H15ClF3N5O3. The Morgan fingerprint density at radius 1 is 1.21 bits per heavy atom. The van der Waals surface area contributed by atoms with Crippen molar-refractivity contribution in [1.82, 2.24) is 4.98 Å². The monoisotopic (exact) mass is 429 g/mol. The molecule has 154 valence electrons. The fourth-order valence-electron chi connectivity index (χ4n) is 3.17. The predicted octanol–water partition coefficient (Wildman–Crippen LogP) is 3.09. The van der Waals surface area contributed by atoms with Gasteiger partial charge in [-0.1, -0.05) is 11.6 Å². The lowest BCUT2D eigenvalue weighted by molar-refractivity contribution is -0.384. The Morgan fingerprint density at radius 3 is 2.38 bits per heavy atom. The summed E-state index contributed by atoms with van der Waals surface area (Å²) in [6.07, 6.45) is -3.29. The van der Waals surface area contributed by atoms with Gasteiger partial charge < -0.3 is 15.5 Å². The van der Waals surface area contributed by atoms with Crippen molar-refractivity contribution in [3.05, 3.63) is 56.7 Å². The first-order valence-electron chi connectivity index (χ1n) is 8.39. The highest BCUT2D eigenvalue weighted by molar-refractivity contribution is 6.31. The number of piperazine rings is 1. The highest BCUT2D eigenvalue weighted by Crippen LogP contribution is 2.41. The molecule has 0 aliphatic carbocycles. The van der Waals surface area contributed by atoms with Crippen molar-refractivity contribution >= 4 is 34.7 Å². The molecule has 0 atom stereocenters. The molecule has 0 bridgehead atoms. The Kier molecular flexibility index (Phi) is 5.51. The molecule has 1 fully saturated rings. The molecule has 2 heterocycles.